The molecule has 98 valence electrons. The van der Waals surface area contributed by atoms with E-state index in [4.69, 9.17) is 0 Å². The van der Waals surface area contributed by atoms with E-state index in [2.05, 4.69) is 10.6 Å². The van der Waals surface area contributed by atoms with Gasteiger partial charge in [-0.25, -0.2) is 4.39 Å². The van der Waals surface area contributed by atoms with Crippen molar-refractivity contribution in [2.24, 2.45) is 5.92 Å². The number of amides is 1. The highest BCUT2D eigenvalue weighted by Crippen LogP contribution is 2.11. The first-order chi connectivity index (χ1) is 8.66. The van der Waals surface area contributed by atoms with Crippen LogP contribution < -0.4 is 10.6 Å². The Labute approximate surface area is 107 Å². The molecule has 0 spiro atoms. The first-order valence-corrected chi connectivity index (χ1v) is 6.42. The third kappa shape index (κ3) is 3.29. The second-order valence-electron chi connectivity index (χ2n) is 4.91. The molecule has 3 nitrogen and oxygen atoms in total. The summed E-state index contributed by atoms with van der Waals surface area (Å²) in [5.74, 6) is -0.316. The zero-order valence-electron chi connectivity index (χ0n) is 10.6. The second kappa shape index (κ2) is 5.96. The Balaban J connectivity index is 1.90. The Morgan fingerprint density at radius 3 is 3.06 bits per heavy atom. The van der Waals surface area contributed by atoms with Crippen LogP contribution in [0.15, 0.2) is 18.2 Å². The maximum Gasteiger partial charge on any atom is 0.254 e. The lowest BCUT2D eigenvalue weighted by atomic mass is 9.99. The van der Waals surface area contributed by atoms with Gasteiger partial charge >= 0.3 is 0 Å². The third-order valence-corrected chi connectivity index (χ3v) is 3.32. The van der Waals surface area contributed by atoms with Crippen molar-refractivity contribution in [1.29, 1.82) is 0 Å². The van der Waals surface area contributed by atoms with Crippen LogP contribution in [0, 0.1) is 18.7 Å². The number of nitrogens with one attached hydrogen (secondary N) is 2. The van der Waals surface area contributed by atoms with E-state index in [-0.39, 0.29) is 11.5 Å². The zero-order valence-corrected chi connectivity index (χ0v) is 10.6. The molecule has 1 aliphatic heterocycles. The summed E-state index contributed by atoms with van der Waals surface area (Å²) >= 11 is 0. The summed E-state index contributed by atoms with van der Waals surface area (Å²) in [7, 11) is 0. The van der Waals surface area contributed by atoms with Gasteiger partial charge in [-0.1, -0.05) is 6.07 Å². The Morgan fingerprint density at radius 2 is 2.39 bits per heavy atom. The van der Waals surface area contributed by atoms with E-state index in [9.17, 15) is 9.18 Å². The predicted octanol–water partition coefficient (Wildman–Crippen LogP) is 1.86. The maximum atomic E-state index is 13.6. The Bertz CT molecular complexity index is 428. The lowest BCUT2D eigenvalue weighted by Crippen LogP contribution is -2.38. The van der Waals surface area contributed by atoms with Crippen LogP contribution in [0.4, 0.5) is 4.39 Å². The van der Waals surface area contributed by atoms with Crippen molar-refractivity contribution in [3.63, 3.8) is 0 Å². The minimum atomic E-state index is -0.450. The smallest absolute Gasteiger partial charge is 0.254 e. The Hall–Kier alpha value is -1.42. The van der Waals surface area contributed by atoms with Gasteiger partial charge in [0.2, 0.25) is 0 Å². The SMILES string of the molecule is Cc1ccc(C(=O)NCC2CCCNC2)c(F)c1. The summed E-state index contributed by atoms with van der Waals surface area (Å²) in [6, 6.07) is 4.68. The van der Waals surface area contributed by atoms with E-state index in [1.165, 1.54) is 6.07 Å². The van der Waals surface area contributed by atoms with Gasteiger partial charge in [0.05, 0.1) is 5.56 Å². The summed E-state index contributed by atoms with van der Waals surface area (Å²) in [4.78, 5) is 11.8. The van der Waals surface area contributed by atoms with Crippen LogP contribution in [0.3, 0.4) is 0 Å². The molecule has 1 aliphatic rings. The highest BCUT2D eigenvalue weighted by Gasteiger charge is 2.16. The molecule has 0 radical (unpaired) electrons. The number of hydrogen-bond acceptors (Lipinski definition) is 2. The number of carbonyl (C=O) groups excluding carboxylic acids is 1. The Morgan fingerprint density at radius 1 is 1.56 bits per heavy atom. The number of halogens is 1. The van der Waals surface area contributed by atoms with Crippen molar-refractivity contribution in [2.45, 2.75) is 19.8 Å². The van der Waals surface area contributed by atoms with Gasteiger partial charge in [0, 0.05) is 6.54 Å². The van der Waals surface area contributed by atoms with Crippen LogP contribution in [0.2, 0.25) is 0 Å². The first kappa shape index (κ1) is 13.0. The predicted molar refractivity (Wildman–Crippen MR) is 69.1 cm³/mol. The first-order valence-electron chi connectivity index (χ1n) is 6.42. The lowest BCUT2D eigenvalue weighted by Gasteiger charge is -2.22. The molecule has 4 heteroatoms. The normalized spacial score (nSPS) is 19.6. The fourth-order valence-corrected chi connectivity index (χ4v) is 2.23. The van der Waals surface area contributed by atoms with Crippen LogP contribution in [0.25, 0.3) is 0 Å². The van der Waals surface area contributed by atoms with Gasteiger partial charge in [-0.05, 0) is 56.5 Å². The standard InChI is InChI=1S/C14H19FN2O/c1-10-4-5-12(13(15)7-10)14(18)17-9-11-3-2-6-16-8-11/h4-5,7,11,16H,2-3,6,8-9H2,1H3,(H,17,18). The van der Waals surface area contributed by atoms with Crippen molar-refractivity contribution in [3.05, 3.63) is 35.1 Å². The monoisotopic (exact) mass is 250 g/mol. The van der Waals surface area contributed by atoms with E-state index in [1.807, 2.05) is 0 Å². The molecule has 1 saturated heterocycles. The molecule has 2 N–H and O–H groups in total. The summed E-state index contributed by atoms with van der Waals surface area (Å²) < 4.78 is 13.6. The summed E-state index contributed by atoms with van der Waals surface area (Å²) in [6.07, 6.45) is 2.25. The molecule has 0 aliphatic carbocycles. The maximum absolute atomic E-state index is 13.6. The summed E-state index contributed by atoms with van der Waals surface area (Å²) in [5.41, 5.74) is 0.949. The number of hydrogen-bond donors (Lipinski definition) is 2. The van der Waals surface area contributed by atoms with Crippen molar-refractivity contribution in [3.8, 4) is 0 Å². The van der Waals surface area contributed by atoms with Gasteiger partial charge in [0.15, 0.2) is 0 Å². The molecule has 1 aromatic carbocycles. The molecule has 1 fully saturated rings. The minimum Gasteiger partial charge on any atom is -0.352 e. The van der Waals surface area contributed by atoms with E-state index in [0.717, 1.165) is 31.5 Å². The van der Waals surface area contributed by atoms with Crippen molar-refractivity contribution >= 4 is 5.91 Å². The quantitative estimate of drug-likeness (QED) is 0.859. The topological polar surface area (TPSA) is 41.1 Å². The largest absolute Gasteiger partial charge is 0.352 e. The van der Waals surface area contributed by atoms with Gasteiger partial charge < -0.3 is 10.6 Å². The average Bonchev–Trinajstić information content (AvgIpc) is 2.37. The molecular formula is C14H19FN2O. The molecule has 0 aromatic heterocycles. The van der Waals surface area contributed by atoms with E-state index < -0.39 is 5.82 Å². The van der Waals surface area contributed by atoms with Crippen molar-refractivity contribution in [1.82, 2.24) is 10.6 Å². The van der Waals surface area contributed by atoms with Gasteiger partial charge in [-0.2, -0.15) is 0 Å². The van der Waals surface area contributed by atoms with Crippen LogP contribution in [0.1, 0.15) is 28.8 Å². The molecule has 1 unspecified atom stereocenters. The van der Waals surface area contributed by atoms with Crippen molar-refractivity contribution < 1.29 is 9.18 Å². The van der Waals surface area contributed by atoms with E-state index in [1.54, 1.807) is 19.1 Å². The molecule has 18 heavy (non-hydrogen) atoms. The van der Waals surface area contributed by atoms with Gasteiger partial charge in [-0.3, -0.25) is 4.79 Å². The second-order valence-corrected chi connectivity index (χ2v) is 4.91. The van der Waals surface area contributed by atoms with Crippen LogP contribution in [-0.4, -0.2) is 25.5 Å². The summed E-state index contributed by atoms with van der Waals surface area (Å²) in [6.45, 7) is 4.39. The molecular weight excluding hydrogens is 231 g/mol. The highest BCUT2D eigenvalue weighted by molar-refractivity contribution is 5.94. The number of carbonyl (C=O) groups is 1. The lowest BCUT2D eigenvalue weighted by molar-refractivity contribution is 0.0941. The van der Waals surface area contributed by atoms with Crippen LogP contribution in [-0.2, 0) is 0 Å². The molecule has 1 aromatic rings. The van der Waals surface area contributed by atoms with Gasteiger partial charge in [0.1, 0.15) is 5.82 Å². The fraction of sp³-hybridized carbons (Fsp3) is 0.500. The van der Waals surface area contributed by atoms with Gasteiger partial charge in [0.25, 0.3) is 5.91 Å². The molecule has 0 bridgehead atoms. The van der Waals surface area contributed by atoms with Crippen LogP contribution in [0.5, 0.6) is 0 Å². The minimum absolute atomic E-state index is 0.129. The number of benzene rings is 1. The van der Waals surface area contributed by atoms with E-state index in [0.29, 0.717) is 12.5 Å². The summed E-state index contributed by atoms with van der Waals surface area (Å²) in [5, 5.41) is 6.10. The fourth-order valence-electron chi connectivity index (χ4n) is 2.23. The molecule has 1 heterocycles. The number of rotatable bonds is 3. The third-order valence-electron chi connectivity index (χ3n) is 3.32. The zero-order chi connectivity index (χ0) is 13.0. The highest BCUT2D eigenvalue weighted by atomic mass is 19.1. The average molecular weight is 250 g/mol. The molecule has 2 rings (SSSR count). The van der Waals surface area contributed by atoms with Crippen LogP contribution >= 0.6 is 0 Å². The Kier molecular flexibility index (Phi) is 4.31. The van der Waals surface area contributed by atoms with Crippen molar-refractivity contribution in [2.75, 3.05) is 19.6 Å². The number of aryl methyl sites for hydroxylation is 1. The van der Waals surface area contributed by atoms with Gasteiger partial charge in [-0.15, -0.1) is 0 Å². The molecule has 0 saturated carbocycles. The number of piperidine rings is 1. The molecule has 1 atom stereocenters. The van der Waals surface area contributed by atoms with E-state index >= 15 is 0 Å². The molecule has 1 amide bonds.